The molecule has 12 heterocycles. The maximum atomic E-state index is 13.2. The summed E-state index contributed by atoms with van der Waals surface area (Å²) in [5.74, 6) is 2.61. The molecule has 0 saturated heterocycles. The molecule has 662 valence electrons. The SMILES string of the molecule is Cc1cc([C@H](C)Nc2nnc(-c3ccc(-n4cnc(C)c4)c(CO)n3)cc2C)cc(C(F)(F)F)c1.Cc1ccc([C@H](C)Nc2nnc(-c3ccc(-n4cnc(C)c4)c(CO)n3)cc2C)cc1.Cc1cccc([C@H](C)Nc2nnc(-c3ccc(-n4cnc(C)c4)c(CO)n3)cc2C)c1.Cc1cn(-c2ccc(-c3cc(C)c(N[C@@H](C)c4ccccc4CO)nn3)nc2CO)cn1. The molecule has 0 amide bonds. The average molecular weight is 1740 g/mol. The molecule has 0 saturated carbocycles. The Morgan fingerprint density at radius 1 is 0.302 bits per heavy atom. The van der Waals surface area contributed by atoms with Crippen LogP contribution < -0.4 is 21.3 Å². The monoisotopic (exact) mass is 1740 g/mol. The van der Waals surface area contributed by atoms with Gasteiger partial charge in [-0.25, -0.2) is 39.9 Å². The number of aliphatic hydroxyl groups is 5. The number of aryl methyl sites for hydroxylation is 11. The minimum Gasteiger partial charge on any atom is -0.392 e. The standard InChI is InChI=1S/C25H25F3N6O.C24H26N6O2.2C24H26N6O/c1-14-7-18(10-19(8-14)25(26,27)28)17(4)30-24-15(2)9-21(32-33-24)20-5-6-23(22(12-35)31-20)34-11-16(3)29-13-34;1-15-10-21(20-8-9-23(22(13-32)27-20)30-11-16(2)25-14-30)28-29-24(15)26-17(3)19-7-5-4-6-18(19)12-31;1-15-5-7-19(8-6-15)18(4)26-24-16(2)11-21(28-29-24)20-9-10-23(22(13-31)27-20)30-12-17(3)25-14-30;1-15-6-5-7-19(10-15)18(4)26-24-16(2)11-21(28-29-24)20-8-9-23(22(13-31)27-20)30-12-17(3)25-14-30/h5-11,13,17,35H,12H2,1-4H3,(H,30,33);4-11,14,17,31-32H,12-13H2,1-3H3,(H,26,29);2*5-12,14,18,31H,13H2,1-4H3,(H,26,29)/t2*17-;2*18-/m0000/s1. The van der Waals surface area contributed by atoms with E-state index < -0.39 is 17.8 Å². The van der Waals surface area contributed by atoms with Crippen molar-refractivity contribution in [3.05, 3.63) is 332 Å². The van der Waals surface area contributed by atoms with Crippen LogP contribution in [0.2, 0.25) is 0 Å². The molecule has 0 aliphatic heterocycles. The molecule has 0 fully saturated rings. The third-order valence-corrected chi connectivity index (χ3v) is 21.5. The number of alkyl halides is 3. The molecule has 0 aliphatic carbocycles. The number of nitrogens with zero attached hydrogens (tertiary/aromatic N) is 20. The quantitative estimate of drug-likeness (QED) is 0.0257. The molecular formula is C97H103F3N24O5. The van der Waals surface area contributed by atoms with E-state index in [1.165, 1.54) is 22.3 Å². The number of rotatable bonds is 25. The minimum atomic E-state index is -4.41. The first kappa shape index (κ1) is 92.1. The van der Waals surface area contributed by atoms with Gasteiger partial charge in [0.2, 0.25) is 0 Å². The number of hydrogen-bond acceptors (Lipinski definition) is 25. The first-order valence-electron chi connectivity index (χ1n) is 41.9. The number of nitrogens with one attached hydrogen (secondary N) is 4. The maximum absolute atomic E-state index is 13.2. The minimum absolute atomic E-state index is 0.0146. The van der Waals surface area contributed by atoms with Gasteiger partial charge >= 0.3 is 6.18 Å². The summed E-state index contributed by atoms with van der Waals surface area (Å²) in [5, 5.41) is 97.2. The van der Waals surface area contributed by atoms with Crippen molar-refractivity contribution in [1.82, 2.24) is 98.9 Å². The van der Waals surface area contributed by atoms with Gasteiger partial charge in [-0.15, -0.1) is 40.8 Å². The smallest absolute Gasteiger partial charge is 0.392 e. The molecular weight excluding hydrogens is 1640 g/mol. The zero-order valence-corrected chi connectivity index (χ0v) is 74.4. The second-order valence-electron chi connectivity index (χ2n) is 31.8. The fourth-order valence-electron chi connectivity index (χ4n) is 14.4. The number of anilines is 4. The number of imidazole rings is 4. The Hall–Kier alpha value is -14.6. The number of pyridine rings is 4. The van der Waals surface area contributed by atoms with Crippen LogP contribution in [0, 0.1) is 76.2 Å². The topological polar surface area (TPSA) is 375 Å². The van der Waals surface area contributed by atoms with E-state index in [1.54, 1.807) is 61.9 Å². The summed E-state index contributed by atoms with van der Waals surface area (Å²) in [6, 6.07) is 51.0. The second-order valence-corrected chi connectivity index (χ2v) is 31.8. The lowest BCUT2D eigenvalue weighted by atomic mass is 10.0. The molecule has 0 bridgehead atoms. The lowest BCUT2D eigenvalue weighted by molar-refractivity contribution is -0.137. The fraction of sp³-hybridized carbons (Fsp3) is 0.258. The summed E-state index contributed by atoms with van der Waals surface area (Å²) < 4.78 is 47.0. The number of aliphatic hydroxyl groups excluding tert-OH is 5. The molecule has 29 nitrogen and oxygen atoms in total. The molecule has 0 spiro atoms. The first-order chi connectivity index (χ1) is 61.9. The Kier molecular flexibility index (Phi) is 29.5. The van der Waals surface area contributed by atoms with Gasteiger partial charge in [0.25, 0.3) is 0 Å². The van der Waals surface area contributed by atoms with Crippen LogP contribution in [0.3, 0.4) is 0 Å². The zero-order chi connectivity index (χ0) is 91.9. The molecule has 32 heteroatoms. The van der Waals surface area contributed by atoms with Crippen LogP contribution >= 0.6 is 0 Å². The van der Waals surface area contributed by atoms with Crippen molar-refractivity contribution >= 4 is 23.3 Å². The van der Waals surface area contributed by atoms with Crippen molar-refractivity contribution in [3.8, 4) is 68.3 Å². The second kappa shape index (κ2) is 41.3. The van der Waals surface area contributed by atoms with Gasteiger partial charge in [-0.2, -0.15) is 13.2 Å². The molecule has 4 aromatic carbocycles. The number of hydrogen-bond donors (Lipinski definition) is 9. The van der Waals surface area contributed by atoms with Crippen LogP contribution in [0.25, 0.3) is 68.3 Å². The van der Waals surface area contributed by atoms with Gasteiger partial charge in [-0.3, -0.25) is 0 Å². The van der Waals surface area contributed by atoms with Crippen LogP contribution in [0.5, 0.6) is 0 Å². The van der Waals surface area contributed by atoms with E-state index >= 15 is 0 Å². The largest absolute Gasteiger partial charge is 0.416 e. The summed E-state index contributed by atoms with van der Waals surface area (Å²) in [4.78, 5) is 35.3. The third kappa shape index (κ3) is 22.8. The van der Waals surface area contributed by atoms with Crippen LogP contribution in [0.4, 0.5) is 36.4 Å². The predicted molar refractivity (Wildman–Crippen MR) is 490 cm³/mol. The highest BCUT2D eigenvalue weighted by Crippen LogP contribution is 2.36. The van der Waals surface area contributed by atoms with E-state index in [1.807, 2.05) is 186 Å². The van der Waals surface area contributed by atoms with Crippen molar-refractivity contribution in [1.29, 1.82) is 0 Å². The number of aromatic nitrogens is 20. The van der Waals surface area contributed by atoms with Crippen LogP contribution in [-0.4, -0.2) is 124 Å². The Labute approximate surface area is 745 Å². The van der Waals surface area contributed by atoms with E-state index in [9.17, 15) is 38.7 Å². The van der Waals surface area contributed by atoms with Crippen molar-refractivity contribution in [2.24, 2.45) is 0 Å². The number of benzene rings is 4. The Morgan fingerprint density at radius 3 is 0.953 bits per heavy atom. The summed E-state index contributed by atoms with van der Waals surface area (Å²) in [5.41, 5.74) is 24.4. The molecule has 16 rings (SSSR count). The van der Waals surface area contributed by atoms with E-state index in [4.69, 9.17) is 0 Å². The molecule has 129 heavy (non-hydrogen) atoms. The third-order valence-electron chi connectivity index (χ3n) is 21.5. The van der Waals surface area contributed by atoms with Gasteiger partial charge in [0, 0.05) is 24.8 Å². The van der Waals surface area contributed by atoms with Gasteiger partial charge in [-0.05, 0) is 239 Å². The number of halogens is 3. The van der Waals surface area contributed by atoms with E-state index in [0.717, 1.165) is 97.0 Å². The van der Waals surface area contributed by atoms with Gasteiger partial charge in [0.15, 0.2) is 23.3 Å². The normalized spacial score (nSPS) is 12.2. The Morgan fingerprint density at radius 2 is 0.636 bits per heavy atom. The maximum Gasteiger partial charge on any atom is 0.416 e. The van der Waals surface area contributed by atoms with Crippen LogP contribution in [0.15, 0.2) is 214 Å². The molecule has 0 aliphatic rings. The molecule has 0 radical (unpaired) electrons. The molecule has 12 aromatic heterocycles. The first-order valence-corrected chi connectivity index (χ1v) is 41.9. The predicted octanol–water partition coefficient (Wildman–Crippen LogP) is 17.5. The molecule has 9 N–H and O–H groups in total. The van der Waals surface area contributed by atoms with Gasteiger partial charge in [-0.1, -0.05) is 95.6 Å². The van der Waals surface area contributed by atoms with E-state index in [0.29, 0.717) is 96.8 Å². The van der Waals surface area contributed by atoms with Gasteiger partial charge in [0.1, 0.15) is 22.8 Å². The summed E-state index contributed by atoms with van der Waals surface area (Å²) in [6.07, 6.45) is 9.89. The summed E-state index contributed by atoms with van der Waals surface area (Å²) >= 11 is 0. The van der Waals surface area contributed by atoms with Crippen molar-refractivity contribution in [2.75, 3.05) is 21.3 Å². The Balaban J connectivity index is 0.000000147. The van der Waals surface area contributed by atoms with Gasteiger partial charge < -0.3 is 65.1 Å². The summed E-state index contributed by atoms with van der Waals surface area (Å²) in [7, 11) is 0. The highest BCUT2D eigenvalue weighted by atomic mass is 19.4. The highest BCUT2D eigenvalue weighted by Gasteiger charge is 2.32. The fourth-order valence-corrected chi connectivity index (χ4v) is 14.4. The van der Waals surface area contributed by atoms with Gasteiger partial charge in [0.05, 0.1) is 179 Å². The molecule has 16 aromatic rings. The van der Waals surface area contributed by atoms with E-state index in [-0.39, 0.29) is 51.2 Å². The lowest BCUT2D eigenvalue weighted by Gasteiger charge is -2.19. The molecule has 0 unspecified atom stereocenters. The van der Waals surface area contributed by atoms with Crippen LogP contribution in [0.1, 0.15) is 170 Å². The lowest BCUT2D eigenvalue weighted by Crippen LogP contribution is -2.13. The zero-order valence-electron chi connectivity index (χ0n) is 74.4. The van der Waals surface area contributed by atoms with Crippen molar-refractivity contribution in [3.63, 3.8) is 0 Å². The van der Waals surface area contributed by atoms with Crippen LogP contribution in [-0.2, 0) is 39.2 Å². The van der Waals surface area contributed by atoms with Crippen molar-refractivity contribution < 1.29 is 38.7 Å². The molecule has 4 atom stereocenters. The van der Waals surface area contributed by atoms with E-state index in [2.05, 4.69) is 178 Å². The average Bonchev–Trinajstić information content (AvgIpc) is 1.63. The summed E-state index contributed by atoms with van der Waals surface area (Å²) in [6.45, 7) is 28.4. The van der Waals surface area contributed by atoms with Crippen molar-refractivity contribution in [2.45, 2.75) is 167 Å². The highest BCUT2D eigenvalue weighted by molar-refractivity contribution is 5.65. The Bertz CT molecular complexity index is 6590.